The van der Waals surface area contributed by atoms with Crippen molar-refractivity contribution in [3.63, 3.8) is 0 Å². The lowest BCUT2D eigenvalue weighted by Crippen LogP contribution is -1.97. The second-order valence-corrected chi connectivity index (χ2v) is 6.22. The van der Waals surface area contributed by atoms with E-state index >= 15 is 0 Å². The fourth-order valence-corrected chi connectivity index (χ4v) is 3.20. The molecule has 1 N–H and O–H groups in total. The van der Waals surface area contributed by atoms with Crippen LogP contribution in [0, 0.1) is 0 Å². The smallest absolute Gasteiger partial charge is 0.164 e. The number of fused-ring (bicyclic) bond motifs is 1. The summed E-state index contributed by atoms with van der Waals surface area (Å²) in [4.78, 5) is 4.39. The Hall–Kier alpha value is -1.97. The first-order chi connectivity index (χ1) is 11.6. The number of aromatic nitrogens is 1. The molecule has 24 heavy (non-hydrogen) atoms. The van der Waals surface area contributed by atoms with Crippen LogP contribution in [0.1, 0.15) is 19.4 Å². The summed E-state index contributed by atoms with van der Waals surface area (Å²) in [6.07, 6.45) is 2.76. The van der Waals surface area contributed by atoms with Gasteiger partial charge in [0.2, 0.25) is 0 Å². The predicted octanol–water partition coefficient (Wildman–Crippen LogP) is 6.33. The average Bonchev–Trinajstić information content (AvgIpc) is 2.58. The first-order valence-corrected chi connectivity index (χ1v) is 8.66. The molecule has 2 aromatic carbocycles. The molecule has 1 heterocycles. The van der Waals surface area contributed by atoms with E-state index in [9.17, 15) is 0 Å². The molecule has 0 atom stereocenters. The highest BCUT2D eigenvalue weighted by Crippen LogP contribution is 2.39. The zero-order valence-electron chi connectivity index (χ0n) is 13.6. The van der Waals surface area contributed by atoms with Crippen molar-refractivity contribution in [2.75, 3.05) is 11.9 Å². The van der Waals surface area contributed by atoms with Gasteiger partial charge in [-0.15, -0.1) is 0 Å². The summed E-state index contributed by atoms with van der Waals surface area (Å²) >= 11 is 12.7. The first-order valence-electron chi connectivity index (χ1n) is 7.90. The van der Waals surface area contributed by atoms with Crippen molar-refractivity contribution in [1.29, 1.82) is 0 Å². The maximum absolute atomic E-state index is 6.34. The van der Waals surface area contributed by atoms with Gasteiger partial charge < -0.3 is 10.1 Å². The minimum absolute atomic E-state index is 0.460. The fourth-order valence-electron chi connectivity index (χ4n) is 2.64. The lowest BCUT2D eigenvalue weighted by atomic mass is 10.1. The van der Waals surface area contributed by atoms with Gasteiger partial charge in [0.15, 0.2) is 5.75 Å². The van der Waals surface area contributed by atoms with Crippen LogP contribution in [0.15, 0.2) is 42.6 Å². The lowest BCUT2D eigenvalue weighted by molar-refractivity contribution is 0.484. The summed E-state index contributed by atoms with van der Waals surface area (Å²) < 4.78 is 5.96. The Kier molecular flexibility index (Phi) is 5.12. The number of pyridine rings is 1. The summed E-state index contributed by atoms with van der Waals surface area (Å²) in [6.45, 7) is 4.93. The number of aryl methyl sites for hydroxylation is 1. The average molecular weight is 361 g/mol. The molecular formula is C19H18Cl2N2O. The molecule has 1 aromatic heterocycles. The molecule has 5 heteroatoms. The van der Waals surface area contributed by atoms with E-state index in [1.54, 1.807) is 0 Å². The van der Waals surface area contributed by atoms with Crippen LogP contribution < -0.4 is 10.1 Å². The molecule has 124 valence electrons. The Morgan fingerprint density at radius 1 is 1.04 bits per heavy atom. The summed E-state index contributed by atoms with van der Waals surface area (Å²) in [5, 5.41) is 5.21. The molecule has 0 amide bonds. The molecule has 0 bridgehead atoms. The van der Waals surface area contributed by atoms with Gasteiger partial charge in [-0.2, -0.15) is 0 Å². The van der Waals surface area contributed by atoms with Gasteiger partial charge in [-0.3, -0.25) is 4.98 Å². The van der Waals surface area contributed by atoms with E-state index in [-0.39, 0.29) is 0 Å². The van der Waals surface area contributed by atoms with Gasteiger partial charge in [0.1, 0.15) is 5.75 Å². The van der Waals surface area contributed by atoms with Gasteiger partial charge >= 0.3 is 0 Å². The third-order valence-corrected chi connectivity index (χ3v) is 4.34. The van der Waals surface area contributed by atoms with Crippen LogP contribution in [0.5, 0.6) is 11.5 Å². The number of hydrogen-bond donors (Lipinski definition) is 1. The van der Waals surface area contributed by atoms with Crippen LogP contribution in [0.25, 0.3) is 10.9 Å². The molecule has 0 aliphatic rings. The van der Waals surface area contributed by atoms with Crippen molar-refractivity contribution in [3.05, 3.63) is 58.2 Å². The number of halogens is 2. The standard InChI is InChI=1S/C19H18Cl2N2O/c1-3-12-7-8-23-18-6-5-14(11-15(12)18)24-19-16(20)9-13(22-4-2)10-17(19)21/h5-11,22H,3-4H2,1-2H3. The van der Waals surface area contributed by atoms with E-state index in [0.717, 1.165) is 29.6 Å². The quantitative estimate of drug-likeness (QED) is 0.577. The Labute approximate surface area is 151 Å². The number of anilines is 1. The first kappa shape index (κ1) is 16.9. The number of rotatable bonds is 5. The lowest BCUT2D eigenvalue weighted by Gasteiger charge is -2.13. The van der Waals surface area contributed by atoms with Crippen LogP contribution in [0.2, 0.25) is 10.0 Å². The highest BCUT2D eigenvalue weighted by Gasteiger charge is 2.12. The largest absolute Gasteiger partial charge is 0.454 e. The number of nitrogens with zero attached hydrogens (tertiary/aromatic N) is 1. The zero-order valence-corrected chi connectivity index (χ0v) is 15.1. The highest BCUT2D eigenvalue weighted by molar-refractivity contribution is 6.37. The van der Waals surface area contributed by atoms with E-state index < -0.39 is 0 Å². The highest BCUT2D eigenvalue weighted by atomic mass is 35.5. The van der Waals surface area contributed by atoms with Crippen molar-refractivity contribution < 1.29 is 4.74 Å². The monoisotopic (exact) mass is 360 g/mol. The van der Waals surface area contributed by atoms with Gasteiger partial charge in [-0.25, -0.2) is 0 Å². The third-order valence-electron chi connectivity index (χ3n) is 3.78. The number of hydrogen-bond acceptors (Lipinski definition) is 3. The van der Waals surface area contributed by atoms with Gasteiger partial charge in [-0.1, -0.05) is 30.1 Å². The Morgan fingerprint density at radius 3 is 2.46 bits per heavy atom. The third kappa shape index (κ3) is 3.42. The van der Waals surface area contributed by atoms with E-state index in [4.69, 9.17) is 27.9 Å². The summed E-state index contributed by atoms with van der Waals surface area (Å²) in [7, 11) is 0. The molecule has 0 radical (unpaired) electrons. The van der Waals surface area contributed by atoms with Crippen molar-refractivity contribution in [1.82, 2.24) is 4.98 Å². The number of ether oxygens (including phenoxy) is 1. The second-order valence-electron chi connectivity index (χ2n) is 5.40. The maximum atomic E-state index is 6.34. The van der Waals surface area contributed by atoms with Crippen LogP contribution in [-0.4, -0.2) is 11.5 Å². The van der Waals surface area contributed by atoms with Gasteiger partial charge in [-0.05, 0) is 55.3 Å². The SMILES string of the molecule is CCNc1cc(Cl)c(Oc2ccc3nccc(CC)c3c2)c(Cl)c1. The van der Waals surface area contributed by atoms with E-state index in [1.165, 1.54) is 5.56 Å². The molecular weight excluding hydrogens is 343 g/mol. The minimum atomic E-state index is 0.460. The topological polar surface area (TPSA) is 34.1 Å². The van der Waals surface area contributed by atoms with Crippen LogP contribution in [0.4, 0.5) is 5.69 Å². The normalized spacial score (nSPS) is 10.8. The summed E-state index contributed by atoms with van der Waals surface area (Å²) in [5.74, 6) is 1.14. The second kappa shape index (κ2) is 7.29. The van der Waals surface area contributed by atoms with E-state index in [1.807, 2.05) is 49.5 Å². The van der Waals surface area contributed by atoms with Crippen molar-refractivity contribution in [2.45, 2.75) is 20.3 Å². The number of benzene rings is 2. The molecule has 0 aliphatic heterocycles. The van der Waals surface area contributed by atoms with Crippen LogP contribution >= 0.6 is 23.2 Å². The van der Waals surface area contributed by atoms with E-state index in [0.29, 0.717) is 21.5 Å². The Morgan fingerprint density at radius 2 is 1.79 bits per heavy atom. The predicted molar refractivity (Wildman–Crippen MR) is 102 cm³/mol. The maximum Gasteiger partial charge on any atom is 0.164 e. The molecule has 0 saturated carbocycles. The summed E-state index contributed by atoms with van der Waals surface area (Å²) in [6, 6.07) is 11.4. The van der Waals surface area contributed by atoms with Gasteiger partial charge in [0.25, 0.3) is 0 Å². The molecule has 3 nitrogen and oxygen atoms in total. The van der Waals surface area contributed by atoms with Crippen LogP contribution in [-0.2, 0) is 6.42 Å². The Bertz CT molecular complexity index is 857. The molecule has 3 aromatic rings. The zero-order chi connectivity index (χ0) is 17.1. The summed E-state index contributed by atoms with van der Waals surface area (Å²) in [5.41, 5.74) is 3.04. The molecule has 0 saturated heterocycles. The Balaban J connectivity index is 1.98. The van der Waals surface area contributed by atoms with Crippen molar-refractivity contribution in [3.8, 4) is 11.5 Å². The van der Waals surface area contributed by atoms with Gasteiger partial charge in [0, 0.05) is 23.8 Å². The molecule has 0 spiro atoms. The minimum Gasteiger partial charge on any atom is -0.454 e. The van der Waals surface area contributed by atoms with Crippen molar-refractivity contribution >= 4 is 39.8 Å². The molecule has 3 rings (SSSR count). The molecule has 0 fully saturated rings. The van der Waals surface area contributed by atoms with Crippen molar-refractivity contribution in [2.24, 2.45) is 0 Å². The molecule has 0 aliphatic carbocycles. The fraction of sp³-hybridized carbons (Fsp3) is 0.211. The van der Waals surface area contributed by atoms with Crippen LogP contribution in [0.3, 0.4) is 0 Å². The molecule has 0 unspecified atom stereocenters. The number of nitrogens with one attached hydrogen (secondary N) is 1. The van der Waals surface area contributed by atoms with E-state index in [2.05, 4.69) is 17.2 Å². The van der Waals surface area contributed by atoms with Gasteiger partial charge in [0.05, 0.1) is 15.6 Å².